The van der Waals surface area contributed by atoms with E-state index in [9.17, 15) is 5.11 Å². The van der Waals surface area contributed by atoms with Crippen LogP contribution < -0.4 is 5.32 Å². The van der Waals surface area contributed by atoms with E-state index in [4.69, 9.17) is 0 Å². The van der Waals surface area contributed by atoms with E-state index in [0.717, 1.165) is 32.0 Å². The van der Waals surface area contributed by atoms with Gasteiger partial charge in [-0.05, 0) is 43.6 Å². The molecule has 3 heteroatoms. The van der Waals surface area contributed by atoms with E-state index in [-0.39, 0.29) is 6.10 Å². The number of likely N-dealkylation sites (tertiary alicyclic amines) is 1. The number of fused-ring (bicyclic) bond motifs is 1. The third kappa shape index (κ3) is 3.32. The minimum absolute atomic E-state index is 0.0265. The summed E-state index contributed by atoms with van der Waals surface area (Å²) < 4.78 is 0. The first-order valence-electron chi connectivity index (χ1n) is 8.25. The van der Waals surface area contributed by atoms with Crippen LogP contribution in [0.4, 0.5) is 0 Å². The lowest BCUT2D eigenvalue weighted by Gasteiger charge is -2.36. The molecular weight excluding hydrogens is 236 g/mol. The third-order valence-electron chi connectivity index (χ3n) is 5.70. The monoisotopic (exact) mass is 268 g/mol. The molecule has 1 heterocycles. The second kappa shape index (κ2) is 6.55. The van der Waals surface area contributed by atoms with Crippen LogP contribution in [0.3, 0.4) is 0 Å². The summed E-state index contributed by atoms with van der Waals surface area (Å²) in [6.45, 7) is 12.6. The maximum atomic E-state index is 10.0. The Bertz CT molecular complexity index is 278. The predicted octanol–water partition coefficient (Wildman–Crippen LogP) is 2.11. The minimum atomic E-state index is -0.0265. The van der Waals surface area contributed by atoms with E-state index in [2.05, 4.69) is 31.0 Å². The average Bonchev–Trinajstić information content (AvgIpc) is 2.97. The second-order valence-corrected chi connectivity index (χ2v) is 6.75. The maximum Gasteiger partial charge on any atom is 0.0583 e. The highest BCUT2D eigenvalue weighted by atomic mass is 16.3. The Morgan fingerprint density at radius 1 is 1.16 bits per heavy atom. The summed E-state index contributed by atoms with van der Waals surface area (Å²) in [6.07, 6.45) is 4.73. The summed E-state index contributed by atoms with van der Waals surface area (Å²) in [5.74, 6) is 1.33. The zero-order valence-corrected chi connectivity index (χ0v) is 13.0. The summed E-state index contributed by atoms with van der Waals surface area (Å²) in [4.78, 5) is 2.63. The van der Waals surface area contributed by atoms with Gasteiger partial charge in [-0.2, -0.15) is 0 Å². The van der Waals surface area contributed by atoms with Crippen LogP contribution in [0, 0.1) is 17.3 Å². The summed E-state index contributed by atoms with van der Waals surface area (Å²) in [7, 11) is 0. The maximum absolute atomic E-state index is 10.0. The van der Waals surface area contributed by atoms with Crippen LogP contribution in [0.5, 0.6) is 0 Å². The molecule has 0 bridgehead atoms. The molecule has 3 atom stereocenters. The number of aliphatic hydroxyl groups excluding tert-OH is 1. The van der Waals surface area contributed by atoms with Crippen molar-refractivity contribution in [3.63, 3.8) is 0 Å². The molecule has 19 heavy (non-hydrogen) atoms. The number of hydrogen-bond donors (Lipinski definition) is 2. The Kier molecular flexibility index (Phi) is 5.27. The lowest BCUT2D eigenvalue weighted by molar-refractivity contribution is 0.109. The largest absolute Gasteiger partial charge is 0.393 e. The van der Waals surface area contributed by atoms with E-state index >= 15 is 0 Å². The Balaban J connectivity index is 1.91. The van der Waals surface area contributed by atoms with Crippen molar-refractivity contribution in [2.24, 2.45) is 17.3 Å². The fourth-order valence-electron chi connectivity index (χ4n) is 4.10. The van der Waals surface area contributed by atoms with Crippen LogP contribution >= 0.6 is 0 Å². The molecule has 0 aromatic rings. The Labute approximate surface area is 118 Å². The molecule has 1 saturated carbocycles. The van der Waals surface area contributed by atoms with Gasteiger partial charge in [0.25, 0.3) is 0 Å². The molecule has 1 saturated heterocycles. The van der Waals surface area contributed by atoms with Gasteiger partial charge in [0.15, 0.2) is 0 Å². The number of aliphatic hydroxyl groups is 1. The predicted molar refractivity (Wildman–Crippen MR) is 80.2 cm³/mol. The van der Waals surface area contributed by atoms with E-state index in [1.807, 2.05) is 0 Å². The van der Waals surface area contributed by atoms with Crippen LogP contribution in [0.2, 0.25) is 0 Å². The third-order valence-corrected chi connectivity index (χ3v) is 5.70. The van der Waals surface area contributed by atoms with E-state index in [0.29, 0.717) is 11.3 Å². The van der Waals surface area contributed by atoms with E-state index < -0.39 is 0 Å². The fraction of sp³-hybridized carbons (Fsp3) is 1.00. The zero-order chi connectivity index (χ0) is 13.9. The molecule has 0 aromatic carbocycles. The molecule has 112 valence electrons. The molecule has 1 aliphatic carbocycles. The minimum Gasteiger partial charge on any atom is -0.393 e. The van der Waals surface area contributed by atoms with E-state index in [1.54, 1.807) is 0 Å². The fourth-order valence-corrected chi connectivity index (χ4v) is 4.10. The molecule has 2 N–H and O–H groups in total. The van der Waals surface area contributed by atoms with E-state index in [1.165, 1.54) is 32.4 Å². The topological polar surface area (TPSA) is 35.5 Å². The van der Waals surface area contributed by atoms with Crippen LogP contribution in [0.25, 0.3) is 0 Å². The molecule has 1 aliphatic heterocycles. The van der Waals surface area contributed by atoms with Crippen molar-refractivity contribution in [3.05, 3.63) is 0 Å². The Hall–Kier alpha value is -0.120. The first kappa shape index (κ1) is 15.3. The van der Waals surface area contributed by atoms with Gasteiger partial charge in [-0.1, -0.05) is 20.8 Å². The van der Waals surface area contributed by atoms with Gasteiger partial charge in [-0.25, -0.2) is 0 Å². The zero-order valence-electron chi connectivity index (χ0n) is 13.0. The van der Waals surface area contributed by atoms with Crippen molar-refractivity contribution in [2.75, 3.05) is 32.7 Å². The Morgan fingerprint density at radius 3 is 2.47 bits per heavy atom. The van der Waals surface area contributed by atoms with Crippen LogP contribution in [-0.4, -0.2) is 48.8 Å². The van der Waals surface area contributed by atoms with Crippen molar-refractivity contribution < 1.29 is 5.11 Å². The highest BCUT2D eigenvalue weighted by molar-refractivity contribution is 4.95. The summed E-state index contributed by atoms with van der Waals surface area (Å²) in [5.41, 5.74) is 0.416. The summed E-state index contributed by atoms with van der Waals surface area (Å²) in [6, 6.07) is 0. The molecular formula is C16H32N2O. The molecule has 2 fully saturated rings. The molecule has 2 rings (SSSR count). The molecule has 3 nitrogen and oxygen atoms in total. The quantitative estimate of drug-likeness (QED) is 0.742. The standard InChI is InChI=1S/C16H32N2O/c1-4-16(5-2,11-17-6-3)12-18-9-13-7-8-15(19)14(13)10-18/h13-15,17,19H,4-12H2,1-3H3. The van der Waals surface area contributed by atoms with Crippen molar-refractivity contribution in [1.29, 1.82) is 0 Å². The number of hydrogen-bond acceptors (Lipinski definition) is 3. The van der Waals surface area contributed by atoms with Crippen LogP contribution in [-0.2, 0) is 0 Å². The average molecular weight is 268 g/mol. The molecule has 3 unspecified atom stereocenters. The SMILES string of the molecule is CCNCC(CC)(CC)CN1CC2CCC(O)C2C1. The second-order valence-electron chi connectivity index (χ2n) is 6.75. The van der Waals surface area contributed by atoms with Crippen molar-refractivity contribution in [2.45, 2.75) is 52.6 Å². The summed E-state index contributed by atoms with van der Waals surface area (Å²) in [5, 5.41) is 13.6. The van der Waals surface area contributed by atoms with Gasteiger partial charge >= 0.3 is 0 Å². The number of rotatable bonds is 7. The van der Waals surface area contributed by atoms with Gasteiger partial charge in [0.05, 0.1) is 6.10 Å². The van der Waals surface area contributed by atoms with Crippen molar-refractivity contribution in [1.82, 2.24) is 10.2 Å². The van der Waals surface area contributed by atoms with Gasteiger partial charge in [-0.3, -0.25) is 0 Å². The molecule has 0 aromatic heterocycles. The molecule has 0 amide bonds. The first-order valence-corrected chi connectivity index (χ1v) is 8.25. The molecule has 0 spiro atoms. The lowest BCUT2D eigenvalue weighted by atomic mass is 9.81. The Morgan fingerprint density at radius 2 is 1.89 bits per heavy atom. The van der Waals surface area contributed by atoms with Gasteiger partial charge < -0.3 is 15.3 Å². The smallest absolute Gasteiger partial charge is 0.0583 e. The van der Waals surface area contributed by atoms with Crippen molar-refractivity contribution >= 4 is 0 Å². The first-order chi connectivity index (χ1) is 9.14. The van der Waals surface area contributed by atoms with Gasteiger partial charge in [0.2, 0.25) is 0 Å². The lowest BCUT2D eigenvalue weighted by Crippen LogP contribution is -2.43. The van der Waals surface area contributed by atoms with Crippen molar-refractivity contribution in [3.8, 4) is 0 Å². The highest BCUT2D eigenvalue weighted by Gasteiger charge is 2.43. The van der Waals surface area contributed by atoms with Gasteiger partial charge in [0.1, 0.15) is 0 Å². The van der Waals surface area contributed by atoms with Gasteiger partial charge in [-0.15, -0.1) is 0 Å². The van der Waals surface area contributed by atoms with Crippen LogP contribution in [0.15, 0.2) is 0 Å². The van der Waals surface area contributed by atoms with Gasteiger partial charge in [0, 0.05) is 32.1 Å². The number of nitrogens with zero attached hydrogens (tertiary/aromatic N) is 1. The summed E-state index contributed by atoms with van der Waals surface area (Å²) >= 11 is 0. The highest BCUT2D eigenvalue weighted by Crippen LogP contribution is 2.39. The van der Waals surface area contributed by atoms with Crippen LogP contribution in [0.1, 0.15) is 46.5 Å². The molecule has 0 radical (unpaired) electrons. The normalized spacial score (nSPS) is 31.9. The number of nitrogens with one attached hydrogen (secondary N) is 1. The molecule has 2 aliphatic rings.